The van der Waals surface area contributed by atoms with Crippen LogP contribution in [-0.4, -0.2) is 48.7 Å². The van der Waals surface area contributed by atoms with E-state index in [1.807, 2.05) is 18.9 Å². The largest absolute Gasteiger partial charge is 0.396 e. The zero-order chi connectivity index (χ0) is 11.3. The molecule has 0 saturated carbocycles. The number of hydrogen-bond donors (Lipinski definition) is 2. The topological polar surface area (TPSA) is 52.6 Å². The molecule has 0 radical (unpaired) electrons. The van der Waals surface area contributed by atoms with Gasteiger partial charge in [0.2, 0.25) is 5.91 Å². The van der Waals surface area contributed by atoms with E-state index in [9.17, 15) is 4.79 Å². The van der Waals surface area contributed by atoms with Crippen molar-refractivity contribution < 1.29 is 9.90 Å². The molecular weight excluding hydrogens is 192 g/mol. The SMILES string of the molecule is CNC1CCN(CCCC(C)CO)C1=O. The van der Waals surface area contributed by atoms with Gasteiger partial charge in [-0.05, 0) is 32.2 Å². The number of aliphatic hydroxyl groups excluding tert-OH is 1. The van der Waals surface area contributed by atoms with Crippen molar-refractivity contribution in [1.29, 1.82) is 0 Å². The number of amides is 1. The summed E-state index contributed by atoms with van der Waals surface area (Å²) in [6.07, 6.45) is 2.90. The van der Waals surface area contributed by atoms with Crippen LogP contribution < -0.4 is 5.32 Å². The van der Waals surface area contributed by atoms with E-state index >= 15 is 0 Å². The molecule has 2 N–H and O–H groups in total. The van der Waals surface area contributed by atoms with Crippen LogP contribution in [0.15, 0.2) is 0 Å². The molecule has 0 aromatic heterocycles. The van der Waals surface area contributed by atoms with Gasteiger partial charge >= 0.3 is 0 Å². The van der Waals surface area contributed by atoms with E-state index < -0.39 is 0 Å². The van der Waals surface area contributed by atoms with Crippen molar-refractivity contribution in [1.82, 2.24) is 10.2 Å². The second kappa shape index (κ2) is 6.08. The van der Waals surface area contributed by atoms with Crippen LogP contribution in [-0.2, 0) is 4.79 Å². The molecule has 4 heteroatoms. The third-order valence-corrected chi connectivity index (χ3v) is 3.08. The highest BCUT2D eigenvalue weighted by atomic mass is 16.3. The van der Waals surface area contributed by atoms with Crippen molar-refractivity contribution in [3.63, 3.8) is 0 Å². The first-order chi connectivity index (χ1) is 7.19. The lowest BCUT2D eigenvalue weighted by molar-refractivity contribution is -0.129. The molecule has 1 aliphatic rings. The fourth-order valence-corrected chi connectivity index (χ4v) is 1.95. The number of hydrogen-bond acceptors (Lipinski definition) is 3. The first kappa shape index (κ1) is 12.5. The minimum Gasteiger partial charge on any atom is -0.396 e. The predicted octanol–water partition coefficient (Wildman–Crippen LogP) is 0.215. The maximum absolute atomic E-state index is 11.7. The summed E-state index contributed by atoms with van der Waals surface area (Å²) >= 11 is 0. The zero-order valence-corrected chi connectivity index (χ0v) is 9.70. The Balaban J connectivity index is 2.20. The lowest BCUT2D eigenvalue weighted by atomic mass is 10.1. The van der Waals surface area contributed by atoms with Crippen LogP contribution in [0, 0.1) is 5.92 Å². The Hall–Kier alpha value is -0.610. The van der Waals surface area contributed by atoms with Gasteiger partial charge in [0.1, 0.15) is 0 Å². The van der Waals surface area contributed by atoms with Crippen molar-refractivity contribution in [2.75, 3.05) is 26.7 Å². The van der Waals surface area contributed by atoms with Crippen molar-refractivity contribution >= 4 is 5.91 Å². The van der Waals surface area contributed by atoms with Gasteiger partial charge in [0.05, 0.1) is 6.04 Å². The summed E-state index contributed by atoms with van der Waals surface area (Å²) < 4.78 is 0. The molecule has 0 spiro atoms. The summed E-state index contributed by atoms with van der Waals surface area (Å²) in [7, 11) is 1.83. The lowest BCUT2D eigenvalue weighted by Gasteiger charge is -2.17. The van der Waals surface area contributed by atoms with Crippen LogP contribution >= 0.6 is 0 Å². The molecule has 0 aromatic carbocycles. The molecule has 0 aromatic rings. The van der Waals surface area contributed by atoms with E-state index in [0.29, 0.717) is 5.92 Å². The Bertz CT molecular complexity index is 209. The van der Waals surface area contributed by atoms with Gasteiger partial charge in [-0.2, -0.15) is 0 Å². The first-order valence-electron chi connectivity index (χ1n) is 5.76. The van der Waals surface area contributed by atoms with Gasteiger partial charge in [-0.3, -0.25) is 4.79 Å². The Morgan fingerprint density at radius 3 is 2.93 bits per heavy atom. The number of carbonyl (C=O) groups is 1. The number of likely N-dealkylation sites (N-methyl/N-ethyl adjacent to an activating group) is 1. The molecule has 1 saturated heterocycles. The van der Waals surface area contributed by atoms with Gasteiger partial charge in [0.25, 0.3) is 0 Å². The standard InChI is InChI=1S/C11H22N2O2/c1-9(8-14)4-3-6-13-7-5-10(12-2)11(13)15/h9-10,12,14H,3-8H2,1-2H3. The summed E-state index contributed by atoms with van der Waals surface area (Å²) in [5, 5.41) is 11.9. The predicted molar refractivity (Wildman–Crippen MR) is 59.5 cm³/mol. The number of carbonyl (C=O) groups excluding carboxylic acids is 1. The van der Waals surface area contributed by atoms with Gasteiger partial charge in [0.15, 0.2) is 0 Å². The second-order valence-electron chi connectivity index (χ2n) is 4.39. The van der Waals surface area contributed by atoms with Crippen molar-refractivity contribution in [2.45, 2.75) is 32.2 Å². The molecular formula is C11H22N2O2. The minimum atomic E-state index is 0.0280. The van der Waals surface area contributed by atoms with Crippen molar-refractivity contribution in [3.8, 4) is 0 Å². The number of nitrogens with one attached hydrogen (secondary N) is 1. The third-order valence-electron chi connectivity index (χ3n) is 3.08. The number of nitrogens with zero attached hydrogens (tertiary/aromatic N) is 1. The molecule has 2 atom stereocenters. The molecule has 15 heavy (non-hydrogen) atoms. The Labute approximate surface area is 91.6 Å². The van der Waals surface area contributed by atoms with Crippen LogP contribution in [0.1, 0.15) is 26.2 Å². The number of rotatable bonds is 6. The van der Waals surface area contributed by atoms with Crippen LogP contribution in [0.2, 0.25) is 0 Å². The van der Waals surface area contributed by atoms with Crippen LogP contribution in [0.25, 0.3) is 0 Å². The van der Waals surface area contributed by atoms with Gasteiger partial charge in [-0.1, -0.05) is 6.92 Å². The van der Waals surface area contributed by atoms with Crippen LogP contribution in [0.5, 0.6) is 0 Å². The fraction of sp³-hybridized carbons (Fsp3) is 0.909. The van der Waals surface area contributed by atoms with Crippen molar-refractivity contribution in [2.24, 2.45) is 5.92 Å². The highest BCUT2D eigenvalue weighted by Crippen LogP contribution is 2.13. The monoisotopic (exact) mass is 214 g/mol. The normalized spacial score (nSPS) is 23.5. The van der Waals surface area contributed by atoms with E-state index in [0.717, 1.165) is 32.4 Å². The van der Waals surface area contributed by atoms with Gasteiger partial charge < -0.3 is 15.3 Å². The molecule has 88 valence electrons. The average molecular weight is 214 g/mol. The lowest BCUT2D eigenvalue weighted by Crippen LogP contribution is -2.36. The smallest absolute Gasteiger partial charge is 0.239 e. The molecule has 1 amide bonds. The molecule has 1 heterocycles. The average Bonchev–Trinajstić information content (AvgIpc) is 2.60. The summed E-state index contributed by atoms with van der Waals surface area (Å²) in [4.78, 5) is 13.6. The first-order valence-corrected chi connectivity index (χ1v) is 5.76. The van der Waals surface area contributed by atoms with E-state index in [2.05, 4.69) is 5.32 Å². The van der Waals surface area contributed by atoms with E-state index in [4.69, 9.17) is 5.11 Å². The highest BCUT2D eigenvalue weighted by molar-refractivity contribution is 5.83. The van der Waals surface area contributed by atoms with Gasteiger partial charge in [0, 0.05) is 19.7 Å². The van der Waals surface area contributed by atoms with E-state index in [-0.39, 0.29) is 18.6 Å². The highest BCUT2D eigenvalue weighted by Gasteiger charge is 2.29. The van der Waals surface area contributed by atoms with E-state index in [1.165, 1.54) is 0 Å². The Morgan fingerprint density at radius 2 is 2.40 bits per heavy atom. The summed E-state index contributed by atoms with van der Waals surface area (Å²) in [6, 6.07) is 0.0280. The Kier molecular flexibility index (Phi) is 5.05. The summed E-state index contributed by atoms with van der Waals surface area (Å²) in [6.45, 7) is 3.98. The summed E-state index contributed by atoms with van der Waals surface area (Å²) in [5.41, 5.74) is 0. The molecule has 2 unspecified atom stereocenters. The molecule has 1 fully saturated rings. The zero-order valence-electron chi connectivity index (χ0n) is 9.70. The van der Waals surface area contributed by atoms with Crippen molar-refractivity contribution in [3.05, 3.63) is 0 Å². The Morgan fingerprint density at radius 1 is 1.67 bits per heavy atom. The molecule has 0 aliphatic carbocycles. The fourth-order valence-electron chi connectivity index (χ4n) is 1.95. The van der Waals surface area contributed by atoms with Crippen LogP contribution in [0.3, 0.4) is 0 Å². The quantitative estimate of drug-likeness (QED) is 0.665. The maximum Gasteiger partial charge on any atom is 0.239 e. The second-order valence-corrected chi connectivity index (χ2v) is 4.39. The number of aliphatic hydroxyl groups is 1. The minimum absolute atomic E-state index is 0.0280. The van der Waals surface area contributed by atoms with Gasteiger partial charge in [-0.15, -0.1) is 0 Å². The maximum atomic E-state index is 11.7. The van der Waals surface area contributed by atoms with E-state index in [1.54, 1.807) is 0 Å². The van der Waals surface area contributed by atoms with Crippen LogP contribution in [0.4, 0.5) is 0 Å². The molecule has 1 rings (SSSR count). The third kappa shape index (κ3) is 3.47. The van der Waals surface area contributed by atoms with Gasteiger partial charge in [-0.25, -0.2) is 0 Å². The molecule has 4 nitrogen and oxygen atoms in total. The summed E-state index contributed by atoms with van der Waals surface area (Å²) in [5.74, 6) is 0.581. The molecule has 1 aliphatic heterocycles. The number of likely N-dealkylation sites (tertiary alicyclic amines) is 1. The molecule has 0 bridgehead atoms.